The van der Waals surface area contributed by atoms with E-state index < -0.39 is 0 Å². The molecule has 6 heteroatoms. The van der Waals surface area contributed by atoms with E-state index in [4.69, 9.17) is 4.74 Å². The van der Waals surface area contributed by atoms with Crippen LogP contribution < -0.4 is 15.0 Å². The fourth-order valence-corrected chi connectivity index (χ4v) is 4.89. The smallest absolute Gasteiger partial charge is 0.255 e. The van der Waals surface area contributed by atoms with E-state index >= 15 is 0 Å². The molecule has 1 atom stereocenters. The molecule has 2 amide bonds. The summed E-state index contributed by atoms with van der Waals surface area (Å²) in [6.45, 7) is 4.08. The van der Waals surface area contributed by atoms with Gasteiger partial charge in [0.15, 0.2) is 0 Å². The Kier molecular flexibility index (Phi) is 6.00. The average molecular weight is 433 g/mol. The average Bonchev–Trinajstić information content (AvgIpc) is 3.15. The summed E-state index contributed by atoms with van der Waals surface area (Å²) in [4.78, 5) is 27.0. The number of aryl methyl sites for hydroxylation is 2. The molecule has 0 spiro atoms. The molecule has 5 nitrogen and oxygen atoms in total. The number of carbonyl (C=O) groups excluding carboxylic acids is 2. The molecule has 0 bridgehead atoms. The molecule has 0 aliphatic carbocycles. The standard InChI is InChI=1S/C25H24N2O3S/c1-16-12-17(2)14-21(13-16)27-23(28)15-31-25(27)19-4-8-20(9-5-19)26-24(29)18-6-10-22(30-3)11-7-18/h4-14,25H,15H2,1-3H3,(H,26,29). The predicted molar refractivity (Wildman–Crippen MR) is 126 cm³/mol. The van der Waals surface area contributed by atoms with E-state index in [2.05, 4.69) is 11.4 Å². The minimum atomic E-state index is -0.183. The summed E-state index contributed by atoms with van der Waals surface area (Å²) in [5.74, 6) is 1.08. The number of thioether (sulfide) groups is 1. The summed E-state index contributed by atoms with van der Waals surface area (Å²) in [7, 11) is 1.59. The van der Waals surface area contributed by atoms with Crippen molar-refractivity contribution in [1.82, 2.24) is 0 Å². The van der Waals surface area contributed by atoms with Crippen molar-refractivity contribution in [3.05, 3.63) is 89.0 Å². The van der Waals surface area contributed by atoms with Gasteiger partial charge in [-0.2, -0.15) is 0 Å². The van der Waals surface area contributed by atoms with Crippen LogP contribution in [0.3, 0.4) is 0 Å². The third kappa shape index (κ3) is 4.59. The van der Waals surface area contributed by atoms with Crippen LogP contribution in [0.4, 0.5) is 11.4 Å². The molecule has 1 aliphatic rings. The molecule has 0 radical (unpaired) electrons. The molecule has 1 aliphatic heterocycles. The summed E-state index contributed by atoms with van der Waals surface area (Å²) in [5, 5.41) is 2.83. The molecule has 158 valence electrons. The Bertz CT molecular complexity index is 1090. The highest BCUT2D eigenvalue weighted by Crippen LogP contribution is 2.42. The number of benzene rings is 3. The fourth-order valence-electron chi connectivity index (χ4n) is 3.72. The number of nitrogens with one attached hydrogen (secondary N) is 1. The highest BCUT2D eigenvalue weighted by molar-refractivity contribution is 8.00. The number of ether oxygens (including phenoxy) is 1. The monoisotopic (exact) mass is 432 g/mol. The molecule has 3 aromatic rings. The second kappa shape index (κ2) is 8.86. The van der Waals surface area contributed by atoms with Crippen LogP contribution in [-0.4, -0.2) is 24.7 Å². The Labute approximate surface area is 186 Å². The van der Waals surface area contributed by atoms with E-state index in [9.17, 15) is 9.59 Å². The molecule has 1 N–H and O–H groups in total. The molecule has 1 heterocycles. The molecule has 3 aromatic carbocycles. The molecular weight excluding hydrogens is 408 g/mol. The summed E-state index contributed by atoms with van der Waals surface area (Å²) in [5.41, 5.74) is 5.48. The summed E-state index contributed by atoms with van der Waals surface area (Å²) in [6, 6.07) is 20.9. The normalized spacial score (nSPS) is 15.8. The highest BCUT2D eigenvalue weighted by Gasteiger charge is 2.34. The Morgan fingerprint density at radius 1 is 1.00 bits per heavy atom. The minimum absolute atomic E-state index is 0.0833. The molecule has 0 aromatic heterocycles. The topological polar surface area (TPSA) is 58.6 Å². The lowest BCUT2D eigenvalue weighted by molar-refractivity contribution is -0.115. The first-order valence-electron chi connectivity index (χ1n) is 10.0. The van der Waals surface area contributed by atoms with Crippen LogP contribution >= 0.6 is 11.8 Å². The van der Waals surface area contributed by atoms with Crippen LogP contribution in [0.1, 0.15) is 32.4 Å². The molecule has 1 saturated heterocycles. The van der Waals surface area contributed by atoms with Gasteiger partial charge in [0.25, 0.3) is 5.91 Å². The molecular formula is C25H24N2O3S. The third-order valence-corrected chi connectivity index (χ3v) is 6.37. The van der Waals surface area contributed by atoms with Crippen molar-refractivity contribution in [2.75, 3.05) is 23.1 Å². The second-order valence-corrected chi connectivity index (χ2v) is 8.65. The zero-order chi connectivity index (χ0) is 22.0. The van der Waals surface area contributed by atoms with E-state index in [0.29, 0.717) is 22.8 Å². The number of amides is 2. The maximum Gasteiger partial charge on any atom is 0.255 e. The molecule has 1 unspecified atom stereocenters. The van der Waals surface area contributed by atoms with E-state index in [-0.39, 0.29) is 17.2 Å². The quantitative estimate of drug-likeness (QED) is 0.591. The first-order valence-corrected chi connectivity index (χ1v) is 11.1. The Morgan fingerprint density at radius 3 is 2.26 bits per heavy atom. The number of nitrogens with zero attached hydrogens (tertiary/aromatic N) is 1. The van der Waals surface area contributed by atoms with Gasteiger partial charge in [-0.1, -0.05) is 18.2 Å². The van der Waals surface area contributed by atoms with Gasteiger partial charge < -0.3 is 10.1 Å². The second-order valence-electron chi connectivity index (χ2n) is 7.58. The Hall–Kier alpha value is -3.25. The SMILES string of the molecule is COc1ccc(C(=O)Nc2ccc(C3SCC(=O)N3c3cc(C)cc(C)c3)cc2)cc1. The van der Waals surface area contributed by atoms with Crippen molar-refractivity contribution < 1.29 is 14.3 Å². The number of hydrogen-bond donors (Lipinski definition) is 1. The van der Waals surface area contributed by atoms with E-state index in [0.717, 1.165) is 22.4 Å². The van der Waals surface area contributed by atoms with Crippen molar-refractivity contribution in [2.45, 2.75) is 19.2 Å². The zero-order valence-corrected chi connectivity index (χ0v) is 18.5. The number of carbonyl (C=O) groups is 2. The van der Waals surface area contributed by atoms with Gasteiger partial charge in [-0.3, -0.25) is 14.5 Å². The minimum Gasteiger partial charge on any atom is -0.497 e. The van der Waals surface area contributed by atoms with Gasteiger partial charge in [0.1, 0.15) is 11.1 Å². The van der Waals surface area contributed by atoms with Gasteiger partial charge in [0.05, 0.1) is 12.9 Å². The van der Waals surface area contributed by atoms with Crippen LogP contribution in [0.5, 0.6) is 5.75 Å². The van der Waals surface area contributed by atoms with Crippen molar-refractivity contribution in [1.29, 1.82) is 0 Å². The third-order valence-electron chi connectivity index (χ3n) is 5.16. The first-order chi connectivity index (χ1) is 14.9. The van der Waals surface area contributed by atoms with Crippen LogP contribution in [0, 0.1) is 13.8 Å². The van der Waals surface area contributed by atoms with E-state index in [1.807, 2.05) is 55.1 Å². The highest BCUT2D eigenvalue weighted by atomic mass is 32.2. The Morgan fingerprint density at radius 2 is 1.65 bits per heavy atom. The maximum absolute atomic E-state index is 12.6. The largest absolute Gasteiger partial charge is 0.497 e. The number of methoxy groups -OCH3 is 1. The van der Waals surface area contributed by atoms with Crippen molar-refractivity contribution >= 4 is 35.0 Å². The van der Waals surface area contributed by atoms with Gasteiger partial charge in [-0.15, -0.1) is 11.8 Å². The van der Waals surface area contributed by atoms with Crippen LogP contribution in [0.25, 0.3) is 0 Å². The summed E-state index contributed by atoms with van der Waals surface area (Å²) in [6.07, 6.45) is 0. The van der Waals surface area contributed by atoms with Crippen molar-refractivity contribution in [3.8, 4) is 5.75 Å². The van der Waals surface area contributed by atoms with E-state index in [1.165, 1.54) is 0 Å². The molecule has 0 saturated carbocycles. The fraction of sp³-hybridized carbons (Fsp3) is 0.200. The molecule has 1 fully saturated rings. The lowest BCUT2D eigenvalue weighted by Gasteiger charge is -2.25. The van der Waals surface area contributed by atoms with Gasteiger partial charge in [0.2, 0.25) is 5.91 Å². The summed E-state index contributed by atoms with van der Waals surface area (Å²) >= 11 is 1.62. The molecule has 31 heavy (non-hydrogen) atoms. The number of anilines is 2. The predicted octanol–water partition coefficient (Wildman–Crippen LogP) is 5.34. The van der Waals surface area contributed by atoms with Gasteiger partial charge >= 0.3 is 0 Å². The molecule has 4 rings (SSSR count). The van der Waals surface area contributed by atoms with Crippen LogP contribution in [0.2, 0.25) is 0 Å². The zero-order valence-electron chi connectivity index (χ0n) is 17.7. The van der Waals surface area contributed by atoms with Crippen molar-refractivity contribution in [3.63, 3.8) is 0 Å². The van der Waals surface area contributed by atoms with E-state index in [1.54, 1.807) is 43.1 Å². The van der Waals surface area contributed by atoms with Gasteiger partial charge in [-0.25, -0.2) is 0 Å². The maximum atomic E-state index is 12.6. The first kappa shape index (κ1) is 21.0. The number of rotatable bonds is 5. The summed E-state index contributed by atoms with van der Waals surface area (Å²) < 4.78 is 5.13. The van der Waals surface area contributed by atoms with Crippen LogP contribution in [0.15, 0.2) is 66.7 Å². The Balaban J connectivity index is 1.51. The lowest BCUT2D eigenvalue weighted by atomic mass is 10.1. The van der Waals surface area contributed by atoms with Crippen molar-refractivity contribution in [2.24, 2.45) is 0 Å². The lowest BCUT2D eigenvalue weighted by Crippen LogP contribution is -2.28. The number of hydrogen-bond acceptors (Lipinski definition) is 4. The van der Waals surface area contributed by atoms with Crippen LogP contribution in [-0.2, 0) is 4.79 Å². The van der Waals surface area contributed by atoms with Gasteiger partial charge in [0, 0.05) is 16.9 Å². The van der Waals surface area contributed by atoms with Gasteiger partial charge in [-0.05, 0) is 79.1 Å².